The molecule has 102 valence electrons. The van der Waals surface area contributed by atoms with E-state index in [2.05, 4.69) is 23.7 Å². The second-order valence-electron chi connectivity index (χ2n) is 4.61. The molecule has 1 fully saturated rings. The summed E-state index contributed by atoms with van der Waals surface area (Å²) in [4.78, 5) is 7.86. The maximum atomic E-state index is 11.4. The number of hydrogen-bond acceptors (Lipinski definition) is 5. The van der Waals surface area contributed by atoms with Crippen molar-refractivity contribution in [3.63, 3.8) is 0 Å². The minimum absolute atomic E-state index is 0.0666. The molecule has 1 N–H and O–H groups in total. The molecule has 2 rings (SSSR count). The molecular formula is C12H20N2O2S2. The number of aliphatic hydroxyl groups excluding tert-OH is 1. The zero-order valence-electron chi connectivity index (χ0n) is 10.9. The van der Waals surface area contributed by atoms with Gasteiger partial charge in [0.25, 0.3) is 0 Å². The van der Waals surface area contributed by atoms with E-state index in [4.69, 9.17) is 0 Å². The fraction of sp³-hybridized carbons (Fsp3) is 0.750. The summed E-state index contributed by atoms with van der Waals surface area (Å²) in [6.07, 6.45) is 1.03. The van der Waals surface area contributed by atoms with Crippen molar-refractivity contribution >= 4 is 27.3 Å². The van der Waals surface area contributed by atoms with Gasteiger partial charge in [0.05, 0.1) is 17.2 Å². The zero-order valence-corrected chi connectivity index (χ0v) is 12.5. The Hall–Kier alpha value is -0.460. The largest absolute Gasteiger partial charge is 0.391 e. The number of anilines is 1. The van der Waals surface area contributed by atoms with Gasteiger partial charge in [0, 0.05) is 35.4 Å². The highest BCUT2D eigenvalue weighted by Gasteiger charge is 2.22. The number of aromatic nitrogens is 1. The molecule has 0 spiro atoms. The number of rotatable bonds is 4. The van der Waals surface area contributed by atoms with Gasteiger partial charge < -0.3 is 10.0 Å². The molecule has 2 heterocycles. The molecule has 18 heavy (non-hydrogen) atoms. The summed E-state index contributed by atoms with van der Waals surface area (Å²) in [5.41, 5.74) is 1.03. The van der Waals surface area contributed by atoms with Crippen molar-refractivity contribution in [2.24, 2.45) is 0 Å². The second-order valence-corrected chi connectivity index (χ2v) is 7.37. The number of thiazole rings is 1. The van der Waals surface area contributed by atoms with Crippen LogP contribution in [0, 0.1) is 0 Å². The van der Waals surface area contributed by atoms with Crippen molar-refractivity contribution in [2.75, 3.05) is 29.5 Å². The Morgan fingerprint density at radius 2 is 2.17 bits per heavy atom. The van der Waals surface area contributed by atoms with E-state index in [1.165, 1.54) is 0 Å². The third kappa shape index (κ3) is 2.92. The van der Waals surface area contributed by atoms with Crippen molar-refractivity contribution in [3.05, 3.63) is 10.6 Å². The average molecular weight is 288 g/mol. The molecule has 0 aromatic carbocycles. The van der Waals surface area contributed by atoms with Crippen LogP contribution in [0.1, 0.15) is 36.8 Å². The first-order chi connectivity index (χ1) is 8.65. The third-order valence-corrected chi connectivity index (χ3v) is 5.78. The predicted octanol–water partition coefficient (Wildman–Crippen LogP) is 1.72. The summed E-state index contributed by atoms with van der Waals surface area (Å²) in [6.45, 7) is 5.96. The van der Waals surface area contributed by atoms with Crippen LogP contribution in [0.4, 0.5) is 5.13 Å². The summed E-state index contributed by atoms with van der Waals surface area (Å²) >= 11 is 1.58. The van der Waals surface area contributed by atoms with Gasteiger partial charge in [-0.15, -0.1) is 0 Å². The SMILES string of the molecule is CCC(C)c1nc(N2CCS(=O)CC2)sc1CO. The van der Waals surface area contributed by atoms with E-state index in [0.29, 0.717) is 5.92 Å². The molecule has 1 atom stereocenters. The lowest BCUT2D eigenvalue weighted by Gasteiger charge is -2.25. The standard InChI is InChI=1S/C12H20N2O2S2/c1-3-9(2)11-10(8-15)17-12(13-11)14-4-6-18(16)7-5-14/h9,15H,3-8H2,1-2H3. The first-order valence-electron chi connectivity index (χ1n) is 6.36. The van der Waals surface area contributed by atoms with Crippen LogP contribution in [0.25, 0.3) is 0 Å². The Balaban J connectivity index is 2.18. The lowest BCUT2D eigenvalue weighted by molar-refractivity contribution is 0.283. The molecular weight excluding hydrogens is 268 g/mol. The van der Waals surface area contributed by atoms with Crippen molar-refractivity contribution in [1.29, 1.82) is 0 Å². The van der Waals surface area contributed by atoms with Crippen LogP contribution in [-0.2, 0) is 17.4 Å². The van der Waals surface area contributed by atoms with Crippen molar-refractivity contribution < 1.29 is 9.32 Å². The van der Waals surface area contributed by atoms with E-state index in [9.17, 15) is 9.32 Å². The molecule has 0 bridgehead atoms. The van der Waals surface area contributed by atoms with Gasteiger partial charge in [0.1, 0.15) is 0 Å². The minimum atomic E-state index is -0.660. The normalized spacial score (nSPS) is 19.2. The summed E-state index contributed by atoms with van der Waals surface area (Å²) in [5.74, 6) is 1.84. The molecule has 1 aliphatic heterocycles. The minimum Gasteiger partial charge on any atom is -0.391 e. The Bertz CT molecular complexity index is 424. The van der Waals surface area contributed by atoms with E-state index < -0.39 is 10.8 Å². The first kappa shape index (κ1) is 14.0. The average Bonchev–Trinajstić information content (AvgIpc) is 2.82. The van der Waals surface area contributed by atoms with E-state index >= 15 is 0 Å². The summed E-state index contributed by atoms with van der Waals surface area (Å²) < 4.78 is 11.4. The summed E-state index contributed by atoms with van der Waals surface area (Å²) in [6, 6.07) is 0. The summed E-state index contributed by atoms with van der Waals surface area (Å²) in [5, 5.41) is 10.4. The van der Waals surface area contributed by atoms with Crippen LogP contribution >= 0.6 is 11.3 Å². The fourth-order valence-corrected chi connectivity index (χ4v) is 4.15. The quantitative estimate of drug-likeness (QED) is 0.916. The topological polar surface area (TPSA) is 53.4 Å². The monoisotopic (exact) mass is 288 g/mol. The lowest BCUT2D eigenvalue weighted by atomic mass is 10.0. The van der Waals surface area contributed by atoms with Crippen LogP contribution in [0.3, 0.4) is 0 Å². The smallest absolute Gasteiger partial charge is 0.185 e. The van der Waals surface area contributed by atoms with Crippen LogP contribution < -0.4 is 4.90 Å². The second kappa shape index (κ2) is 6.12. The Kier molecular flexibility index (Phi) is 4.75. The highest BCUT2D eigenvalue weighted by Crippen LogP contribution is 2.32. The fourth-order valence-electron chi connectivity index (χ4n) is 2.01. The van der Waals surface area contributed by atoms with Crippen LogP contribution in [0.2, 0.25) is 0 Å². The highest BCUT2D eigenvalue weighted by atomic mass is 32.2. The Morgan fingerprint density at radius 1 is 1.50 bits per heavy atom. The van der Waals surface area contributed by atoms with E-state index in [-0.39, 0.29) is 6.61 Å². The zero-order chi connectivity index (χ0) is 13.1. The molecule has 6 heteroatoms. The van der Waals surface area contributed by atoms with Gasteiger partial charge in [-0.25, -0.2) is 4.98 Å². The van der Waals surface area contributed by atoms with Gasteiger partial charge in [0.2, 0.25) is 0 Å². The molecule has 0 saturated carbocycles. The Labute approximate surface area is 114 Å². The van der Waals surface area contributed by atoms with Gasteiger partial charge in [-0.2, -0.15) is 0 Å². The van der Waals surface area contributed by atoms with Gasteiger partial charge in [-0.1, -0.05) is 25.2 Å². The van der Waals surface area contributed by atoms with Gasteiger partial charge in [-0.05, 0) is 12.3 Å². The van der Waals surface area contributed by atoms with Crippen LogP contribution in [0.15, 0.2) is 0 Å². The molecule has 1 unspecified atom stereocenters. The number of nitrogens with zero attached hydrogens (tertiary/aromatic N) is 2. The number of hydrogen-bond donors (Lipinski definition) is 1. The van der Waals surface area contributed by atoms with Crippen molar-refractivity contribution in [3.8, 4) is 0 Å². The maximum absolute atomic E-state index is 11.4. The lowest BCUT2D eigenvalue weighted by Crippen LogP contribution is -2.37. The first-order valence-corrected chi connectivity index (χ1v) is 8.66. The summed E-state index contributed by atoms with van der Waals surface area (Å²) in [7, 11) is -0.660. The molecule has 0 radical (unpaired) electrons. The van der Waals surface area contributed by atoms with Crippen LogP contribution in [0.5, 0.6) is 0 Å². The van der Waals surface area contributed by atoms with E-state index in [0.717, 1.165) is 46.7 Å². The molecule has 0 aliphatic carbocycles. The molecule has 1 saturated heterocycles. The Morgan fingerprint density at radius 3 is 2.72 bits per heavy atom. The molecule has 1 aromatic heterocycles. The van der Waals surface area contributed by atoms with Gasteiger partial charge in [0.15, 0.2) is 5.13 Å². The molecule has 1 aliphatic rings. The molecule has 0 amide bonds. The van der Waals surface area contributed by atoms with Crippen molar-refractivity contribution in [2.45, 2.75) is 32.8 Å². The maximum Gasteiger partial charge on any atom is 0.185 e. The molecule has 1 aromatic rings. The predicted molar refractivity (Wildman–Crippen MR) is 76.8 cm³/mol. The third-order valence-electron chi connectivity index (χ3n) is 3.39. The molecule has 4 nitrogen and oxygen atoms in total. The number of aliphatic hydroxyl groups is 1. The van der Waals surface area contributed by atoms with Gasteiger partial charge in [-0.3, -0.25) is 4.21 Å². The van der Waals surface area contributed by atoms with Crippen molar-refractivity contribution in [1.82, 2.24) is 4.98 Å². The van der Waals surface area contributed by atoms with Gasteiger partial charge >= 0.3 is 0 Å². The van der Waals surface area contributed by atoms with E-state index in [1.807, 2.05) is 0 Å². The van der Waals surface area contributed by atoms with E-state index in [1.54, 1.807) is 11.3 Å². The highest BCUT2D eigenvalue weighted by molar-refractivity contribution is 7.85. The van der Waals surface area contributed by atoms with Crippen LogP contribution in [-0.4, -0.2) is 38.9 Å².